The van der Waals surface area contributed by atoms with E-state index in [0.29, 0.717) is 12.0 Å². The Morgan fingerprint density at radius 2 is 1.74 bits per heavy atom. The fourth-order valence-corrected chi connectivity index (χ4v) is 4.07. The number of ether oxygens (including phenoxy) is 1. The van der Waals surface area contributed by atoms with Crippen molar-refractivity contribution in [1.82, 2.24) is 4.90 Å². The maximum absolute atomic E-state index is 13.1. The van der Waals surface area contributed by atoms with Crippen LogP contribution in [0, 0.1) is 0 Å². The number of rotatable bonds is 4. The minimum atomic E-state index is -0.267. The summed E-state index contributed by atoms with van der Waals surface area (Å²) in [5.74, 6) is 0.818. The molecule has 2 heterocycles. The zero-order chi connectivity index (χ0) is 18.8. The molecule has 2 aliphatic rings. The van der Waals surface area contributed by atoms with E-state index in [1.54, 1.807) is 12.0 Å². The first-order chi connectivity index (χ1) is 13.2. The maximum atomic E-state index is 13.1. The molecule has 5 heteroatoms. The van der Waals surface area contributed by atoms with Gasteiger partial charge in [0.05, 0.1) is 19.6 Å². The average Bonchev–Trinajstić information content (AvgIpc) is 3.01. The Morgan fingerprint density at radius 1 is 1.04 bits per heavy atom. The molecule has 0 aromatic heterocycles. The molecule has 1 atom stereocenters. The predicted octanol–water partition coefficient (Wildman–Crippen LogP) is 3.80. The number of carbonyl (C=O) groups excluding carboxylic acids is 2. The Bertz CT molecular complexity index is 841. The van der Waals surface area contributed by atoms with E-state index < -0.39 is 0 Å². The summed E-state index contributed by atoms with van der Waals surface area (Å²) in [7, 11) is 1.62. The zero-order valence-electron chi connectivity index (χ0n) is 15.6. The van der Waals surface area contributed by atoms with Crippen LogP contribution in [0.2, 0.25) is 0 Å². The van der Waals surface area contributed by atoms with Gasteiger partial charge >= 0.3 is 0 Å². The molecular weight excluding hydrogens is 340 g/mol. The van der Waals surface area contributed by atoms with E-state index in [2.05, 4.69) is 0 Å². The number of amides is 2. The summed E-state index contributed by atoms with van der Waals surface area (Å²) in [5.41, 5.74) is 2.40. The lowest BCUT2D eigenvalue weighted by atomic mass is 10.0. The van der Waals surface area contributed by atoms with Crippen LogP contribution in [0.5, 0.6) is 5.75 Å². The highest BCUT2D eigenvalue weighted by atomic mass is 16.5. The van der Waals surface area contributed by atoms with Gasteiger partial charge in [0, 0.05) is 24.3 Å². The van der Waals surface area contributed by atoms with Gasteiger partial charge in [-0.05, 0) is 55.2 Å². The maximum Gasteiger partial charge on any atom is 0.259 e. The van der Waals surface area contributed by atoms with Crippen molar-refractivity contribution in [3.8, 4) is 5.75 Å². The Hall–Kier alpha value is -2.82. The van der Waals surface area contributed by atoms with Gasteiger partial charge in [0.25, 0.3) is 5.91 Å². The summed E-state index contributed by atoms with van der Waals surface area (Å²) in [6.45, 7) is 1.65. The van der Waals surface area contributed by atoms with Crippen LogP contribution >= 0.6 is 0 Å². The normalized spacial score (nSPS) is 19.1. The second-order valence-electron chi connectivity index (χ2n) is 7.12. The summed E-state index contributed by atoms with van der Waals surface area (Å²) in [4.78, 5) is 29.7. The quantitative estimate of drug-likeness (QED) is 0.829. The number of likely N-dealkylation sites (tertiary alicyclic amines) is 1. The van der Waals surface area contributed by atoms with Crippen LogP contribution in [0.25, 0.3) is 0 Å². The highest BCUT2D eigenvalue weighted by molar-refractivity contribution is 6.11. The van der Waals surface area contributed by atoms with Crippen LogP contribution in [0.4, 0.5) is 5.69 Å². The van der Waals surface area contributed by atoms with E-state index in [9.17, 15) is 9.59 Å². The Labute approximate surface area is 159 Å². The Morgan fingerprint density at radius 3 is 2.44 bits per heavy atom. The van der Waals surface area contributed by atoms with Gasteiger partial charge in [-0.1, -0.05) is 18.2 Å². The zero-order valence-corrected chi connectivity index (χ0v) is 15.6. The molecule has 2 amide bonds. The van der Waals surface area contributed by atoms with E-state index in [1.165, 1.54) is 6.42 Å². The summed E-state index contributed by atoms with van der Waals surface area (Å²) in [6.07, 6.45) is 3.63. The lowest BCUT2D eigenvalue weighted by molar-refractivity contribution is -0.132. The lowest BCUT2D eigenvalue weighted by Crippen LogP contribution is -2.38. The summed E-state index contributed by atoms with van der Waals surface area (Å²) in [6, 6.07) is 14.8. The van der Waals surface area contributed by atoms with Crippen LogP contribution in [0.15, 0.2) is 48.5 Å². The van der Waals surface area contributed by atoms with Crippen LogP contribution < -0.4 is 9.64 Å². The first-order valence-corrected chi connectivity index (χ1v) is 9.53. The molecule has 1 saturated heterocycles. The van der Waals surface area contributed by atoms with Crippen molar-refractivity contribution >= 4 is 17.5 Å². The van der Waals surface area contributed by atoms with E-state index in [0.717, 1.165) is 42.9 Å². The lowest BCUT2D eigenvalue weighted by Gasteiger charge is -2.30. The molecule has 2 aliphatic heterocycles. The number of anilines is 1. The van der Waals surface area contributed by atoms with E-state index in [4.69, 9.17) is 4.74 Å². The molecule has 2 aromatic carbocycles. The summed E-state index contributed by atoms with van der Waals surface area (Å²) < 4.78 is 5.23. The molecule has 0 aliphatic carbocycles. The molecule has 1 unspecified atom stereocenters. The highest BCUT2D eigenvalue weighted by Crippen LogP contribution is 2.40. The summed E-state index contributed by atoms with van der Waals surface area (Å²) in [5, 5.41) is 0. The van der Waals surface area contributed by atoms with Crippen molar-refractivity contribution in [2.75, 3.05) is 25.1 Å². The number of hydrogen-bond donors (Lipinski definition) is 0. The van der Waals surface area contributed by atoms with Crippen LogP contribution in [0.1, 0.15) is 47.6 Å². The third-order valence-corrected chi connectivity index (χ3v) is 5.51. The van der Waals surface area contributed by atoms with Crippen LogP contribution in [-0.2, 0) is 4.79 Å². The number of benzene rings is 2. The van der Waals surface area contributed by atoms with Gasteiger partial charge in [-0.15, -0.1) is 0 Å². The molecule has 0 spiro atoms. The second-order valence-corrected chi connectivity index (χ2v) is 7.12. The predicted molar refractivity (Wildman–Crippen MR) is 104 cm³/mol. The molecule has 0 N–H and O–H groups in total. The Kier molecular flexibility index (Phi) is 4.84. The first kappa shape index (κ1) is 17.6. The topological polar surface area (TPSA) is 49.9 Å². The molecule has 140 valence electrons. The van der Waals surface area contributed by atoms with Crippen molar-refractivity contribution in [3.63, 3.8) is 0 Å². The SMILES string of the molecule is COc1ccc(N2C(=O)c3ccccc3C2CC(=O)N2CCCCC2)cc1. The van der Waals surface area contributed by atoms with E-state index in [-0.39, 0.29) is 17.9 Å². The van der Waals surface area contributed by atoms with Gasteiger partial charge in [-0.2, -0.15) is 0 Å². The van der Waals surface area contributed by atoms with Gasteiger partial charge in [-0.25, -0.2) is 0 Å². The number of fused-ring (bicyclic) bond motifs is 1. The highest BCUT2D eigenvalue weighted by Gasteiger charge is 2.39. The van der Waals surface area contributed by atoms with E-state index in [1.807, 2.05) is 53.4 Å². The van der Waals surface area contributed by atoms with Gasteiger partial charge in [-0.3, -0.25) is 9.59 Å². The molecule has 5 nitrogen and oxygen atoms in total. The first-order valence-electron chi connectivity index (χ1n) is 9.53. The van der Waals surface area contributed by atoms with Crippen molar-refractivity contribution in [1.29, 1.82) is 0 Å². The molecule has 4 rings (SSSR count). The fourth-order valence-electron chi connectivity index (χ4n) is 4.07. The standard InChI is InChI=1S/C22H24N2O3/c1-27-17-11-9-16(10-12-17)24-20(15-21(25)23-13-5-2-6-14-23)18-7-3-4-8-19(18)22(24)26/h3-4,7-12,20H,2,5-6,13-15H2,1H3. The molecule has 0 radical (unpaired) electrons. The molecular formula is C22H24N2O3. The van der Waals surface area contributed by atoms with Gasteiger partial charge < -0.3 is 14.5 Å². The third-order valence-electron chi connectivity index (χ3n) is 5.51. The van der Waals surface area contributed by atoms with Crippen LogP contribution in [0.3, 0.4) is 0 Å². The molecule has 0 bridgehead atoms. The van der Waals surface area contributed by atoms with Crippen molar-refractivity contribution in [2.24, 2.45) is 0 Å². The average molecular weight is 364 g/mol. The minimum absolute atomic E-state index is 0.0489. The Balaban J connectivity index is 1.65. The number of carbonyl (C=O) groups is 2. The van der Waals surface area contributed by atoms with Crippen molar-refractivity contribution in [2.45, 2.75) is 31.7 Å². The monoisotopic (exact) mass is 364 g/mol. The molecule has 0 saturated carbocycles. The third kappa shape index (κ3) is 3.29. The largest absolute Gasteiger partial charge is 0.497 e. The molecule has 2 aromatic rings. The minimum Gasteiger partial charge on any atom is -0.497 e. The summed E-state index contributed by atoms with van der Waals surface area (Å²) >= 11 is 0. The fraction of sp³-hybridized carbons (Fsp3) is 0.364. The van der Waals surface area contributed by atoms with Crippen LogP contribution in [-0.4, -0.2) is 36.9 Å². The second kappa shape index (κ2) is 7.43. The van der Waals surface area contributed by atoms with Gasteiger partial charge in [0.2, 0.25) is 5.91 Å². The van der Waals surface area contributed by atoms with Gasteiger partial charge in [0.15, 0.2) is 0 Å². The van der Waals surface area contributed by atoms with Crippen molar-refractivity contribution < 1.29 is 14.3 Å². The molecule has 1 fully saturated rings. The number of nitrogens with zero attached hydrogens (tertiary/aromatic N) is 2. The number of methoxy groups -OCH3 is 1. The molecule has 27 heavy (non-hydrogen) atoms. The number of piperidine rings is 1. The van der Waals surface area contributed by atoms with E-state index >= 15 is 0 Å². The number of hydrogen-bond acceptors (Lipinski definition) is 3. The van der Waals surface area contributed by atoms with Gasteiger partial charge in [0.1, 0.15) is 5.75 Å². The smallest absolute Gasteiger partial charge is 0.259 e. The van der Waals surface area contributed by atoms with Crippen molar-refractivity contribution in [3.05, 3.63) is 59.7 Å².